The molecule has 0 unspecified atom stereocenters. The number of hydrogen-bond donors (Lipinski definition) is 3. The number of fused-ring (bicyclic) bond motifs is 1. The molecular weight excluding hydrogens is 358 g/mol. The quantitative estimate of drug-likeness (QED) is 0.524. The first-order chi connectivity index (χ1) is 13.1. The van der Waals surface area contributed by atoms with E-state index < -0.39 is 0 Å². The number of aliphatic hydroxyl groups is 2. The standard InChI is InChI=1S/C21H19N3O2S/c1-2-13-10-16(25)11-15(12-19(13)26)20-22-23-21(27)24(20)18-9-5-7-14-6-3-4-8-17(14)18/h3-10,12,25-26H,2,11H2,1H3,(H,23,27). The highest BCUT2D eigenvalue weighted by molar-refractivity contribution is 7.71. The van der Waals surface area contributed by atoms with Crippen molar-refractivity contribution in [3.05, 3.63) is 82.3 Å². The summed E-state index contributed by atoms with van der Waals surface area (Å²) in [6.07, 6.45) is 4.15. The Morgan fingerprint density at radius 1 is 1.11 bits per heavy atom. The summed E-state index contributed by atoms with van der Waals surface area (Å²) in [6, 6.07) is 14.1. The van der Waals surface area contributed by atoms with Crippen LogP contribution < -0.4 is 0 Å². The van der Waals surface area contributed by atoms with E-state index in [0.717, 1.165) is 16.5 Å². The Hall–Kier alpha value is -3.12. The second-order valence-electron chi connectivity index (χ2n) is 6.43. The molecule has 3 aromatic rings. The molecule has 0 saturated carbocycles. The SMILES string of the molecule is CCC1=C(O)C=C(c2n[nH]c(=S)n2-c2cccc3ccccc23)CC(O)=C1. The number of H-pyrrole nitrogens is 1. The van der Waals surface area contributed by atoms with Crippen LogP contribution in [0, 0.1) is 4.77 Å². The lowest BCUT2D eigenvalue weighted by molar-refractivity contribution is 0.401. The Morgan fingerprint density at radius 2 is 1.89 bits per heavy atom. The van der Waals surface area contributed by atoms with E-state index in [9.17, 15) is 10.2 Å². The van der Waals surface area contributed by atoms with E-state index in [1.54, 1.807) is 12.2 Å². The van der Waals surface area contributed by atoms with Gasteiger partial charge < -0.3 is 10.2 Å². The second kappa shape index (κ2) is 6.89. The molecule has 6 heteroatoms. The molecule has 0 aliphatic heterocycles. The van der Waals surface area contributed by atoms with Gasteiger partial charge in [-0.2, -0.15) is 5.10 Å². The van der Waals surface area contributed by atoms with Crippen LogP contribution >= 0.6 is 12.2 Å². The van der Waals surface area contributed by atoms with Gasteiger partial charge in [0.25, 0.3) is 0 Å². The molecule has 0 atom stereocenters. The molecule has 136 valence electrons. The number of rotatable bonds is 3. The van der Waals surface area contributed by atoms with E-state index in [1.807, 2.05) is 54.0 Å². The molecule has 1 aliphatic carbocycles. The van der Waals surface area contributed by atoms with Crippen LogP contribution in [0.15, 0.2) is 71.7 Å². The molecule has 27 heavy (non-hydrogen) atoms. The van der Waals surface area contributed by atoms with E-state index >= 15 is 0 Å². The molecule has 0 saturated heterocycles. The maximum Gasteiger partial charge on any atom is 0.200 e. The molecule has 0 amide bonds. The maximum atomic E-state index is 10.4. The lowest BCUT2D eigenvalue weighted by Crippen LogP contribution is -2.03. The van der Waals surface area contributed by atoms with Gasteiger partial charge in [-0.05, 0) is 47.8 Å². The predicted octanol–water partition coefficient (Wildman–Crippen LogP) is 5.53. The predicted molar refractivity (Wildman–Crippen MR) is 110 cm³/mol. The zero-order chi connectivity index (χ0) is 19.0. The van der Waals surface area contributed by atoms with Crippen LogP contribution in [-0.2, 0) is 0 Å². The molecule has 3 N–H and O–H groups in total. The first kappa shape index (κ1) is 17.3. The molecular formula is C21H19N3O2S. The summed E-state index contributed by atoms with van der Waals surface area (Å²) >= 11 is 5.49. The van der Waals surface area contributed by atoms with Crippen LogP contribution in [0.1, 0.15) is 25.6 Å². The second-order valence-corrected chi connectivity index (χ2v) is 6.82. The average molecular weight is 377 g/mol. The monoisotopic (exact) mass is 377 g/mol. The van der Waals surface area contributed by atoms with Crippen molar-refractivity contribution in [2.75, 3.05) is 0 Å². The zero-order valence-corrected chi connectivity index (χ0v) is 15.6. The van der Waals surface area contributed by atoms with Crippen molar-refractivity contribution in [2.45, 2.75) is 19.8 Å². The van der Waals surface area contributed by atoms with E-state index in [-0.39, 0.29) is 17.9 Å². The van der Waals surface area contributed by atoms with Crippen LogP contribution in [-0.4, -0.2) is 25.0 Å². The van der Waals surface area contributed by atoms with Gasteiger partial charge in [-0.1, -0.05) is 43.3 Å². The first-order valence-corrected chi connectivity index (χ1v) is 9.17. The van der Waals surface area contributed by atoms with Crippen LogP contribution in [0.2, 0.25) is 0 Å². The number of aromatic amines is 1. The van der Waals surface area contributed by atoms with Gasteiger partial charge in [0, 0.05) is 17.4 Å². The summed E-state index contributed by atoms with van der Waals surface area (Å²) in [6.45, 7) is 1.93. The smallest absolute Gasteiger partial charge is 0.200 e. The number of benzene rings is 2. The fourth-order valence-electron chi connectivity index (χ4n) is 3.40. The molecule has 4 rings (SSSR count). The van der Waals surface area contributed by atoms with Gasteiger partial charge in [0.2, 0.25) is 0 Å². The van der Waals surface area contributed by atoms with Crippen molar-refractivity contribution < 1.29 is 10.2 Å². The highest BCUT2D eigenvalue weighted by Gasteiger charge is 2.19. The average Bonchev–Trinajstić information content (AvgIpc) is 2.98. The molecule has 0 bridgehead atoms. The Labute approximate surface area is 161 Å². The third kappa shape index (κ3) is 3.08. The fourth-order valence-corrected chi connectivity index (χ4v) is 3.63. The minimum absolute atomic E-state index is 0.134. The van der Waals surface area contributed by atoms with Gasteiger partial charge in [-0.3, -0.25) is 9.67 Å². The van der Waals surface area contributed by atoms with E-state index in [4.69, 9.17) is 12.2 Å². The summed E-state index contributed by atoms with van der Waals surface area (Å²) in [7, 11) is 0. The lowest BCUT2D eigenvalue weighted by atomic mass is 10.1. The van der Waals surface area contributed by atoms with Crippen LogP contribution in [0.25, 0.3) is 22.0 Å². The van der Waals surface area contributed by atoms with Crippen molar-refractivity contribution in [1.29, 1.82) is 0 Å². The minimum atomic E-state index is 0.134. The van der Waals surface area contributed by atoms with Crippen molar-refractivity contribution in [3.63, 3.8) is 0 Å². The van der Waals surface area contributed by atoms with Gasteiger partial charge in [-0.25, -0.2) is 0 Å². The molecule has 0 spiro atoms. The topological polar surface area (TPSA) is 74.1 Å². The number of hydrogen-bond acceptors (Lipinski definition) is 4. The van der Waals surface area contributed by atoms with Crippen molar-refractivity contribution in [3.8, 4) is 5.69 Å². The molecule has 2 aromatic carbocycles. The number of allylic oxidation sites excluding steroid dienone is 4. The van der Waals surface area contributed by atoms with Gasteiger partial charge in [0.05, 0.1) is 11.4 Å². The van der Waals surface area contributed by atoms with Gasteiger partial charge in [0.1, 0.15) is 5.76 Å². The molecule has 1 heterocycles. The summed E-state index contributed by atoms with van der Waals surface area (Å²) in [5, 5.41) is 30.1. The lowest BCUT2D eigenvalue weighted by Gasteiger charge is -2.12. The molecule has 0 fully saturated rings. The Kier molecular flexibility index (Phi) is 4.41. The van der Waals surface area contributed by atoms with Gasteiger partial charge >= 0.3 is 0 Å². The van der Waals surface area contributed by atoms with E-state index in [1.165, 1.54) is 0 Å². The Bertz CT molecular complexity index is 1180. The van der Waals surface area contributed by atoms with Crippen LogP contribution in [0.4, 0.5) is 0 Å². The molecule has 5 nitrogen and oxygen atoms in total. The molecule has 0 radical (unpaired) electrons. The number of aromatic nitrogens is 3. The molecule has 1 aromatic heterocycles. The summed E-state index contributed by atoms with van der Waals surface area (Å²) in [5.74, 6) is 0.885. The van der Waals surface area contributed by atoms with Gasteiger partial charge in [-0.15, -0.1) is 0 Å². The largest absolute Gasteiger partial charge is 0.512 e. The number of aliphatic hydroxyl groups excluding tert-OH is 2. The number of nitrogens with one attached hydrogen (secondary N) is 1. The summed E-state index contributed by atoms with van der Waals surface area (Å²) < 4.78 is 2.30. The maximum absolute atomic E-state index is 10.4. The molecule has 1 aliphatic rings. The van der Waals surface area contributed by atoms with E-state index in [2.05, 4.69) is 10.2 Å². The van der Waals surface area contributed by atoms with Crippen LogP contribution in [0.3, 0.4) is 0 Å². The third-order valence-electron chi connectivity index (χ3n) is 4.70. The third-order valence-corrected chi connectivity index (χ3v) is 4.97. The van der Waals surface area contributed by atoms with E-state index in [0.29, 0.717) is 28.2 Å². The van der Waals surface area contributed by atoms with Gasteiger partial charge in [0.15, 0.2) is 10.6 Å². The van der Waals surface area contributed by atoms with Crippen molar-refractivity contribution in [1.82, 2.24) is 14.8 Å². The Morgan fingerprint density at radius 3 is 2.70 bits per heavy atom. The Balaban J connectivity index is 1.95. The highest BCUT2D eigenvalue weighted by atomic mass is 32.1. The van der Waals surface area contributed by atoms with Crippen LogP contribution in [0.5, 0.6) is 0 Å². The summed E-state index contributed by atoms with van der Waals surface area (Å²) in [5.41, 5.74) is 2.27. The zero-order valence-electron chi connectivity index (χ0n) is 14.8. The first-order valence-electron chi connectivity index (χ1n) is 8.76. The number of nitrogens with zero attached hydrogens (tertiary/aromatic N) is 2. The van der Waals surface area contributed by atoms with Crippen molar-refractivity contribution in [2.24, 2.45) is 0 Å². The summed E-state index contributed by atoms with van der Waals surface area (Å²) in [4.78, 5) is 0. The normalized spacial score (nSPS) is 14.9. The highest BCUT2D eigenvalue weighted by Crippen LogP contribution is 2.31. The van der Waals surface area contributed by atoms with Crippen molar-refractivity contribution >= 4 is 28.6 Å². The fraction of sp³-hybridized carbons (Fsp3) is 0.143. The minimum Gasteiger partial charge on any atom is -0.512 e.